The Balaban J connectivity index is 2.25. The first-order valence-electron chi connectivity index (χ1n) is 7.16. The number of amides is 1. The lowest BCUT2D eigenvalue weighted by Crippen LogP contribution is -2.26. The van der Waals surface area contributed by atoms with Gasteiger partial charge in [0.2, 0.25) is 5.91 Å². The van der Waals surface area contributed by atoms with Gasteiger partial charge in [0.25, 0.3) is 0 Å². The van der Waals surface area contributed by atoms with Crippen molar-refractivity contribution in [1.29, 1.82) is 0 Å². The summed E-state index contributed by atoms with van der Waals surface area (Å²) in [5, 5.41) is 11.9. The van der Waals surface area contributed by atoms with Gasteiger partial charge in [0.15, 0.2) is 0 Å². The van der Waals surface area contributed by atoms with E-state index in [1.165, 1.54) is 4.57 Å². The Morgan fingerprint density at radius 2 is 2.00 bits per heavy atom. The number of hydrogen-bond acceptors (Lipinski definition) is 4. The molecular formula is C16H18N2O4S. The van der Waals surface area contributed by atoms with Crippen LogP contribution in [-0.2, 0) is 17.8 Å². The fraction of sp³-hybridized carbons (Fsp3) is 0.312. The van der Waals surface area contributed by atoms with Crippen LogP contribution >= 0.6 is 11.3 Å². The van der Waals surface area contributed by atoms with Crippen molar-refractivity contribution in [3.63, 3.8) is 0 Å². The van der Waals surface area contributed by atoms with E-state index in [1.807, 2.05) is 32.0 Å². The second-order valence-corrected chi connectivity index (χ2v) is 6.22. The molecule has 7 heteroatoms. The molecule has 2 aromatic rings. The summed E-state index contributed by atoms with van der Waals surface area (Å²) in [6.45, 7) is 5.37. The quantitative estimate of drug-likeness (QED) is 0.879. The van der Waals surface area contributed by atoms with E-state index in [1.54, 1.807) is 6.92 Å². The minimum atomic E-state index is -1.14. The second-order valence-electron chi connectivity index (χ2n) is 5.26. The van der Waals surface area contributed by atoms with E-state index in [4.69, 9.17) is 5.11 Å². The number of carboxylic acid groups (broad SMARTS) is 1. The van der Waals surface area contributed by atoms with Crippen molar-refractivity contribution in [2.75, 3.05) is 5.32 Å². The molecule has 0 spiro atoms. The Morgan fingerprint density at radius 1 is 1.30 bits per heavy atom. The Morgan fingerprint density at radius 3 is 2.61 bits per heavy atom. The third-order valence-corrected chi connectivity index (χ3v) is 4.51. The standard InChI is InChI=1S/C16H18N2O4S/c1-4-12-14(15(20)21)23-16(22)18(12)8-13(19)17-11-7-9(2)5-6-10(11)3/h5-7H,4,8H2,1-3H3,(H,17,19)(H,20,21). The molecule has 0 aliphatic carbocycles. The van der Waals surface area contributed by atoms with Crippen LogP contribution in [0.15, 0.2) is 23.0 Å². The van der Waals surface area contributed by atoms with Crippen LogP contribution in [0.5, 0.6) is 0 Å². The van der Waals surface area contributed by atoms with Crippen molar-refractivity contribution in [3.05, 3.63) is 49.6 Å². The third-order valence-electron chi connectivity index (χ3n) is 3.50. The number of aryl methyl sites for hydroxylation is 2. The first kappa shape index (κ1) is 17.0. The molecule has 2 N–H and O–H groups in total. The molecule has 1 aromatic heterocycles. The third kappa shape index (κ3) is 3.68. The van der Waals surface area contributed by atoms with E-state index < -0.39 is 10.8 Å². The average molecular weight is 334 g/mol. The largest absolute Gasteiger partial charge is 0.477 e. The molecule has 0 atom stereocenters. The van der Waals surface area contributed by atoms with Crippen molar-refractivity contribution in [1.82, 2.24) is 4.57 Å². The van der Waals surface area contributed by atoms with Gasteiger partial charge in [0.1, 0.15) is 11.4 Å². The minimum absolute atomic E-state index is 0.00274. The summed E-state index contributed by atoms with van der Waals surface area (Å²) in [6, 6.07) is 5.71. The summed E-state index contributed by atoms with van der Waals surface area (Å²) in [7, 11) is 0. The zero-order valence-electron chi connectivity index (χ0n) is 13.2. The fourth-order valence-electron chi connectivity index (χ4n) is 2.32. The molecule has 0 fully saturated rings. The Labute approximate surface area is 137 Å². The Hall–Kier alpha value is -2.41. The summed E-state index contributed by atoms with van der Waals surface area (Å²) in [4.78, 5) is 34.9. The van der Waals surface area contributed by atoms with E-state index in [0.29, 0.717) is 29.1 Å². The molecule has 0 saturated heterocycles. The van der Waals surface area contributed by atoms with Crippen molar-refractivity contribution in [2.24, 2.45) is 0 Å². The predicted octanol–water partition coefficient (Wildman–Crippen LogP) is 2.43. The van der Waals surface area contributed by atoms with Gasteiger partial charge in [-0.15, -0.1) is 0 Å². The van der Waals surface area contributed by atoms with Crippen LogP contribution in [0.4, 0.5) is 5.69 Å². The topological polar surface area (TPSA) is 88.4 Å². The van der Waals surface area contributed by atoms with Gasteiger partial charge in [-0.2, -0.15) is 0 Å². The highest BCUT2D eigenvalue weighted by Crippen LogP contribution is 2.17. The number of hydrogen-bond donors (Lipinski definition) is 2. The number of carbonyl (C=O) groups excluding carboxylic acids is 1. The minimum Gasteiger partial charge on any atom is -0.477 e. The molecule has 122 valence electrons. The summed E-state index contributed by atoms with van der Waals surface area (Å²) in [6.07, 6.45) is 0.372. The molecule has 2 rings (SSSR count). The van der Waals surface area contributed by atoms with Crippen molar-refractivity contribution in [2.45, 2.75) is 33.7 Å². The Bertz CT molecular complexity index is 820. The van der Waals surface area contributed by atoms with Gasteiger partial charge < -0.3 is 10.4 Å². The van der Waals surface area contributed by atoms with Crippen molar-refractivity contribution in [3.8, 4) is 0 Å². The summed E-state index contributed by atoms with van der Waals surface area (Å²) in [5.74, 6) is -1.50. The van der Waals surface area contributed by atoms with Crippen LogP contribution in [0, 0.1) is 13.8 Å². The molecular weight excluding hydrogens is 316 g/mol. The van der Waals surface area contributed by atoms with Gasteiger partial charge in [-0.25, -0.2) is 4.79 Å². The van der Waals surface area contributed by atoms with Crippen molar-refractivity contribution < 1.29 is 14.7 Å². The van der Waals surface area contributed by atoms with E-state index in [2.05, 4.69) is 5.32 Å². The summed E-state index contributed by atoms with van der Waals surface area (Å²) < 4.78 is 1.23. The fourth-order valence-corrected chi connectivity index (χ4v) is 3.24. The zero-order valence-corrected chi connectivity index (χ0v) is 14.0. The van der Waals surface area contributed by atoms with E-state index in [9.17, 15) is 14.4 Å². The maximum absolute atomic E-state index is 12.2. The normalized spacial score (nSPS) is 10.6. The number of anilines is 1. The first-order chi connectivity index (χ1) is 10.8. The maximum Gasteiger partial charge on any atom is 0.347 e. The van der Waals surface area contributed by atoms with Crippen LogP contribution in [0.1, 0.15) is 33.4 Å². The highest BCUT2D eigenvalue weighted by Gasteiger charge is 2.20. The van der Waals surface area contributed by atoms with Gasteiger partial charge in [0, 0.05) is 11.4 Å². The number of aromatic carboxylic acids is 1. The van der Waals surface area contributed by atoms with Crippen molar-refractivity contribution >= 4 is 28.9 Å². The SMILES string of the molecule is CCc1c(C(=O)O)sc(=O)n1CC(=O)Nc1cc(C)ccc1C. The lowest BCUT2D eigenvalue weighted by Gasteiger charge is -2.11. The van der Waals surface area contributed by atoms with Crippen LogP contribution in [0.3, 0.4) is 0 Å². The number of thiazole rings is 1. The molecule has 23 heavy (non-hydrogen) atoms. The monoisotopic (exact) mass is 334 g/mol. The van der Waals surface area contributed by atoms with Gasteiger partial charge >= 0.3 is 10.8 Å². The number of nitrogens with one attached hydrogen (secondary N) is 1. The van der Waals surface area contributed by atoms with Crippen LogP contribution in [0.2, 0.25) is 0 Å². The highest BCUT2D eigenvalue weighted by atomic mass is 32.1. The van der Waals surface area contributed by atoms with Crippen LogP contribution in [-0.4, -0.2) is 21.6 Å². The smallest absolute Gasteiger partial charge is 0.347 e. The van der Waals surface area contributed by atoms with Crippen LogP contribution < -0.4 is 10.2 Å². The van der Waals surface area contributed by atoms with E-state index in [0.717, 1.165) is 11.1 Å². The van der Waals surface area contributed by atoms with Gasteiger partial charge in [0.05, 0.1) is 0 Å². The molecule has 1 aromatic carbocycles. The number of benzene rings is 1. The molecule has 6 nitrogen and oxygen atoms in total. The lowest BCUT2D eigenvalue weighted by molar-refractivity contribution is -0.116. The zero-order chi connectivity index (χ0) is 17.1. The van der Waals surface area contributed by atoms with Gasteiger partial charge in [-0.05, 0) is 37.5 Å². The molecule has 0 bridgehead atoms. The van der Waals surface area contributed by atoms with Gasteiger partial charge in [-0.1, -0.05) is 30.4 Å². The molecule has 0 saturated carbocycles. The number of nitrogens with zero attached hydrogens (tertiary/aromatic N) is 1. The number of aromatic nitrogens is 1. The molecule has 0 aliphatic rings. The Kier molecular flexibility index (Phi) is 5.00. The molecule has 0 radical (unpaired) electrons. The van der Waals surface area contributed by atoms with E-state index in [-0.39, 0.29) is 17.3 Å². The average Bonchev–Trinajstić information content (AvgIpc) is 2.79. The van der Waals surface area contributed by atoms with Gasteiger partial charge in [-0.3, -0.25) is 14.2 Å². The van der Waals surface area contributed by atoms with E-state index >= 15 is 0 Å². The molecule has 1 amide bonds. The molecule has 1 heterocycles. The molecule has 0 unspecified atom stereocenters. The van der Waals surface area contributed by atoms with Crippen LogP contribution in [0.25, 0.3) is 0 Å². The number of rotatable bonds is 5. The second kappa shape index (κ2) is 6.78. The number of carbonyl (C=O) groups is 2. The maximum atomic E-state index is 12.2. The number of carboxylic acids is 1. The summed E-state index contributed by atoms with van der Waals surface area (Å²) in [5.41, 5.74) is 3.00. The summed E-state index contributed by atoms with van der Waals surface area (Å²) >= 11 is 0.655. The molecule has 0 aliphatic heterocycles. The predicted molar refractivity (Wildman–Crippen MR) is 89.5 cm³/mol. The first-order valence-corrected chi connectivity index (χ1v) is 7.98. The highest BCUT2D eigenvalue weighted by molar-refractivity contribution is 7.11. The lowest BCUT2D eigenvalue weighted by atomic mass is 10.1.